The third-order valence-electron chi connectivity index (χ3n) is 1.75. The molecule has 0 heterocycles. The number of nitrogens with zero attached hydrogens (tertiary/aromatic N) is 1. The maximum absolute atomic E-state index is 11.3. The van der Waals surface area contributed by atoms with Crippen LogP contribution in [0, 0.1) is 4.78 Å². The van der Waals surface area contributed by atoms with Crippen molar-refractivity contribution in [2.24, 2.45) is 5.14 Å². The Morgan fingerprint density at radius 3 is 2.64 bits per heavy atom. The van der Waals surface area contributed by atoms with Crippen molar-refractivity contribution >= 4 is 9.92 Å². The normalized spacial score (nSPS) is 15.4. The lowest BCUT2D eigenvalue weighted by Gasteiger charge is -2.10. The molecule has 3 N–H and O–H groups in total. The first-order chi connectivity index (χ1) is 6.39. The largest absolute Gasteiger partial charge is 0.305 e. The molecule has 0 aliphatic carbocycles. The van der Waals surface area contributed by atoms with Crippen LogP contribution < -0.4 is 5.14 Å². The summed E-state index contributed by atoms with van der Waals surface area (Å²) in [6.45, 7) is 0.753. The van der Waals surface area contributed by atoms with Crippen molar-refractivity contribution in [2.75, 3.05) is 14.1 Å². The van der Waals surface area contributed by atoms with Gasteiger partial charge >= 0.3 is 0 Å². The molecule has 78 valence electrons. The van der Waals surface area contributed by atoms with E-state index >= 15 is 0 Å². The van der Waals surface area contributed by atoms with Crippen LogP contribution in [0.5, 0.6) is 0 Å². The first-order valence-corrected chi connectivity index (χ1v) is 5.82. The molecule has 1 atom stereocenters. The lowest BCUT2D eigenvalue weighted by Crippen LogP contribution is -2.13. The van der Waals surface area contributed by atoms with Gasteiger partial charge in [0.2, 0.25) is 0 Å². The minimum atomic E-state index is -3.08. The van der Waals surface area contributed by atoms with E-state index in [0.717, 1.165) is 12.1 Å². The molecule has 4 nitrogen and oxygen atoms in total. The average Bonchev–Trinajstić information content (AvgIpc) is 2.01. The van der Waals surface area contributed by atoms with Crippen LogP contribution in [0.2, 0.25) is 0 Å². The average molecular weight is 213 g/mol. The zero-order valence-corrected chi connectivity index (χ0v) is 9.17. The molecule has 0 aliphatic rings. The van der Waals surface area contributed by atoms with E-state index in [-0.39, 0.29) is 0 Å². The van der Waals surface area contributed by atoms with Crippen LogP contribution in [0.4, 0.5) is 0 Å². The van der Waals surface area contributed by atoms with Crippen molar-refractivity contribution in [3.63, 3.8) is 0 Å². The second kappa shape index (κ2) is 4.08. The number of benzene rings is 1. The van der Waals surface area contributed by atoms with Gasteiger partial charge in [0, 0.05) is 6.54 Å². The molecule has 0 radical (unpaired) electrons. The van der Waals surface area contributed by atoms with E-state index in [1.54, 1.807) is 18.2 Å². The van der Waals surface area contributed by atoms with E-state index < -0.39 is 9.92 Å². The minimum absolute atomic E-state index is 0.386. The van der Waals surface area contributed by atoms with Gasteiger partial charge in [-0.1, -0.05) is 12.1 Å². The van der Waals surface area contributed by atoms with Gasteiger partial charge in [0.1, 0.15) is 9.92 Å². The standard InChI is InChI=1S/C9H15N3OS/c1-12(2)7-8-4-3-5-9(6-8)14(10,11)13/h3-6H,7H2,1-2H3,(H3,10,11,13). The van der Waals surface area contributed by atoms with Crippen LogP contribution in [0.3, 0.4) is 0 Å². The van der Waals surface area contributed by atoms with E-state index in [4.69, 9.17) is 9.92 Å². The number of nitrogens with one attached hydrogen (secondary N) is 1. The maximum atomic E-state index is 11.3. The summed E-state index contributed by atoms with van der Waals surface area (Å²) >= 11 is 0. The van der Waals surface area contributed by atoms with Crippen LogP contribution in [-0.4, -0.2) is 23.2 Å². The summed E-state index contributed by atoms with van der Waals surface area (Å²) in [6.07, 6.45) is 0. The van der Waals surface area contributed by atoms with Crippen molar-refractivity contribution in [2.45, 2.75) is 11.4 Å². The summed E-state index contributed by atoms with van der Waals surface area (Å²) in [5.74, 6) is 0. The van der Waals surface area contributed by atoms with Gasteiger partial charge in [-0.25, -0.2) is 14.1 Å². The molecule has 0 saturated heterocycles. The molecule has 0 bridgehead atoms. The number of rotatable bonds is 3. The zero-order chi connectivity index (χ0) is 10.8. The number of hydrogen-bond donors (Lipinski definition) is 2. The molecule has 5 heteroatoms. The fourth-order valence-electron chi connectivity index (χ4n) is 1.20. The molecule has 1 aromatic rings. The van der Waals surface area contributed by atoms with Crippen LogP contribution in [0.1, 0.15) is 5.56 Å². The Morgan fingerprint density at radius 1 is 1.50 bits per heavy atom. The van der Waals surface area contributed by atoms with E-state index in [0.29, 0.717) is 4.90 Å². The molecular formula is C9H15N3OS. The third kappa shape index (κ3) is 3.10. The molecule has 1 rings (SSSR count). The highest BCUT2D eigenvalue weighted by molar-refractivity contribution is 7.90. The molecule has 1 unspecified atom stereocenters. The van der Waals surface area contributed by atoms with Gasteiger partial charge in [0.25, 0.3) is 0 Å². The van der Waals surface area contributed by atoms with Crippen molar-refractivity contribution < 1.29 is 4.21 Å². The molecule has 1 aromatic carbocycles. The molecular weight excluding hydrogens is 198 g/mol. The van der Waals surface area contributed by atoms with E-state index in [2.05, 4.69) is 0 Å². The fourth-order valence-corrected chi connectivity index (χ4v) is 1.80. The second-order valence-electron chi connectivity index (χ2n) is 3.49. The van der Waals surface area contributed by atoms with E-state index in [1.165, 1.54) is 0 Å². The van der Waals surface area contributed by atoms with Gasteiger partial charge in [-0.15, -0.1) is 0 Å². The van der Waals surface area contributed by atoms with Gasteiger partial charge in [-0.2, -0.15) is 0 Å². The lowest BCUT2D eigenvalue weighted by molar-refractivity contribution is 0.402. The Labute approximate surface area is 84.8 Å². The molecule has 0 amide bonds. The Morgan fingerprint density at radius 2 is 2.14 bits per heavy atom. The Balaban J connectivity index is 3.02. The summed E-state index contributed by atoms with van der Waals surface area (Å²) in [5.41, 5.74) is 1.01. The Hall–Kier alpha value is -0.910. The number of nitrogens with two attached hydrogens (primary N) is 1. The Kier molecular flexibility index (Phi) is 3.25. The van der Waals surface area contributed by atoms with Crippen molar-refractivity contribution in [3.05, 3.63) is 29.8 Å². The highest BCUT2D eigenvalue weighted by Crippen LogP contribution is 2.11. The summed E-state index contributed by atoms with van der Waals surface area (Å²) in [5, 5.41) is 5.24. The molecule has 0 fully saturated rings. The highest BCUT2D eigenvalue weighted by Gasteiger charge is 2.04. The Bertz CT molecular complexity index is 412. The first-order valence-electron chi connectivity index (χ1n) is 4.20. The first kappa shape index (κ1) is 11.2. The van der Waals surface area contributed by atoms with Gasteiger partial charge in [-0.05, 0) is 31.8 Å². The maximum Gasteiger partial charge on any atom is 0.132 e. The third-order valence-corrected chi connectivity index (χ3v) is 2.70. The van der Waals surface area contributed by atoms with Crippen molar-refractivity contribution in [1.29, 1.82) is 4.78 Å². The molecule has 0 saturated carbocycles. The SMILES string of the molecule is CN(C)Cc1cccc(S(=N)(N)=O)c1. The molecule has 14 heavy (non-hydrogen) atoms. The van der Waals surface area contributed by atoms with Gasteiger partial charge in [-0.3, -0.25) is 0 Å². The fraction of sp³-hybridized carbons (Fsp3) is 0.333. The van der Waals surface area contributed by atoms with Crippen molar-refractivity contribution in [3.8, 4) is 0 Å². The van der Waals surface area contributed by atoms with E-state index in [9.17, 15) is 4.21 Å². The smallest absolute Gasteiger partial charge is 0.132 e. The quantitative estimate of drug-likeness (QED) is 0.787. The summed E-state index contributed by atoms with van der Waals surface area (Å²) in [6, 6.07) is 7.04. The minimum Gasteiger partial charge on any atom is -0.305 e. The molecule has 0 spiro atoms. The highest BCUT2D eigenvalue weighted by atomic mass is 32.2. The van der Waals surface area contributed by atoms with E-state index in [1.807, 2.05) is 25.1 Å². The molecule has 0 aromatic heterocycles. The van der Waals surface area contributed by atoms with Crippen LogP contribution in [0.25, 0.3) is 0 Å². The summed E-state index contributed by atoms with van der Waals surface area (Å²) in [4.78, 5) is 2.39. The summed E-state index contributed by atoms with van der Waals surface area (Å²) in [7, 11) is 0.823. The lowest BCUT2D eigenvalue weighted by atomic mass is 10.2. The van der Waals surface area contributed by atoms with Gasteiger partial charge < -0.3 is 4.90 Å². The van der Waals surface area contributed by atoms with Crippen LogP contribution in [-0.2, 0) is 16.5 Å². The predicted octanol–water partition coefficient (Wildman–Crippen LogP) is 1.03. The number of hydrogen-bond acceptors (Lipinski definition) is 3. The topological polar surface area (TPSA) is 70.2 Å². The monoisotopic (exact) mass is 213 g/mol. The van der Waals surface area contributed by atoms with Crippen LogP contribution in [0.15, 0.2) is 29.2 Å². The van der Waals surface area contributed by atoms with Crippen LogP contribution >= 0.6 is 0 Å². The molecule has 0 aliphatic heterocycles. The summed E-state index contributed by atoms with van der Waals surface area (Å²) < 4.78 is 18.5. The predicted molar refractivity (Wildman–Crippen MR) is 57.1 cm³/mol. The zero-order valence-electron chi connectivity index (χ0n) is 8.36. The van der Waals surface area contributed by atoms with Crippen molar-refractivity contribution in [1.82, 2.24) is 4.90 Å². The van der Waals surface area contributed by atoms with Gasteiger partial charge in [0.15, 0.2) is 0 Å². The van der Waals surface area contributed by atoms with Gasteiger partial charge in [0.05, 0.1) is 4.90 Å². The second-order valence-corrected chi connectivity index (χ2v) is 5.16.